The molecule has 32 heavy (non-hydrogen) atoms. The number of nitrogen functional groups attached to an aromatic ring is 1. The van der Waals surface area contributed by atoms with Crippen LogP contribution in [0.25, 0.3) is 16.7 Å². The maximum Gasteiger partial charge on any atom is 0.573 e. The van der Waals surface area contributed by atoms with Crippen molar-refractivity contribution in [3.63, 3.8) is 0 Å². The van der Waals surface area contributed by atoms with Gasteiger partial charge in [0.15, 0.2) is 17.2 Å². The molecule has 0 saturated carbocycles. The first-order valence-electron chi connectivity index (χ1n) is 9.33. The quantitative estimate of drug-likeness (QED) is 0.417. The summed E-state index contributed by atoms with van der Waals surface area (Å²) in [4.78, 5) is 23.3. The number of carbonyl (C=O) groups excluding carboxylic acids is 1. The van der Waals surface area contributed by atoms with Crippen molar-refractivity contribution in [1.82, 2.24) is 29.9 Å². The molecule has 0 aliphatic carbocycles. The highest BCUT2D eigenvalue weighted by Gasteiger charge is 2.32. The van der Waals surface area contributed by atoms with E-state index in [2.05, 4.69) is 41.9 Å². The topological polar surface area (TPSA) is 123 Å². The zero-order valence-electron chi connectivity index (χ0n) is 16.6. The second-order valence-electron chi connectivity index (χ2n) is 6.83. The van der Waals surface area contributed by atoms with Crippen molar-refractivity contribution < 1.29 is 22.7 Å². The summed E-state index contributed by atoms with van der Waals surface area (Å²) in [5, 5.41) is 6.84. The Bertz CT molecular complexity index is 1360. The van der Waals surface area contributed by atoms with Crippen molar-refractivity contribution in [2.75, 3.05) is 5.73 Å². The molecule has 4 aromatic rings. The molecule has 0 saturated heterocycles. The molecule has 3 aromatic heterocycles. The number of fused-ring (bicyclic) bond motifs is 2. The number of aromatic nitrogens is 5. The first-order chi connectivity index (χ1) is 15.2. The molecule has 4 rings (SSSR count). The maximum absolute atomic E-state index is 12.6. The molecular formula is C20H16F3N7O2. The molecule has 0 aliphatic heterocycles. The fraction of sp³-hybridized carbons (Fsp3) is 0.200. The highest BCUT2D eigenvalue weighted by molar-refractivity contribution is 5.95. The van der Waals surface area contributed by atoms with Crippen LogP contribution in [0.4, 0.5) is 18.9 Å². The molecule has 0 spiro atoms. The number of H-pyrrole nitrogens is 1. The molecule has 1 aromatic carbocycles. The molecule has 9 nitrogen and oxygen atoms in total. The average Bonchev–Trinajstić information content (AvgIpc) is 3.33. The third-order valence-corrected chi connectivity index (χ3v) is 4.35. The largest absolute Gasteiger partial charge is 0.573 e. The number of nitrogens with zero attached hydrogens (tertiary/aromatic N) is 4. The molecule has 0 aliphatic rings. The Labute approximate surface area is 178 Å². The van der Waals surface area contributed by atoms with E-state index >= 15 is 0 Å². The minimum atomic E-state index is -4.87. The fourth-order valence-corrected chi connectivity index (χ4v) is 2.96. The number of amides is 1. The molecule has 1 amide bonds. The number of halogens is 3. The number of aromatic amines is 1. The molecule has 0 fully saturated rings. The number of benzene rings is 1. The van der Waals surface area contributed by atoms with Crippen LogP contribution in [0.15, 0.2) is 36.7 Å². The number of rotatable bonds is 4. The molecular weight excluding hydrogens is 427 g/mol. The molecule has 164 valence electrons. The van der Waals surface area contributed by atoms with E-state index in [1.54, 1.807) is 19.2 Å². The number of para-hydroxylation sites is 1. The second-order valence-corrected chi connectivity index (χ2v) is 6.83. The average molecular weight is 443 g/mol. The number of carbonyl (C=O) groups is 1. The van der Waals surface area contributed by atoms with Gasteiger partial charge < -0.3 is 20.8 Å². The van der Waals surface area contributed by atoms with Gasteiger partial charge in [0.1, 0.15) is 11.2 Å². The van der Waals surface area contributed by atoms with Crippen LogP contribution in [0.2, 0.25) is 0 Å². The van der Waals surface area contributed by atoms with Crippen LogP contribution in [-0.4, -0.2) is 42.9 Å². The summed E-state index contributed by atoms with van der Waals surface area (Å²) in [7, 11) is 0. The smallest absolute Gasteiger partial charge is 0.403 e. The van der Waals surface area contributed by atoms with E-state index in [1.807, 2.05) is 0 Å². The van der Waals surface area contributed by atoms with Crippen LogP contribution in [-0.2, 0) is 0 Å². The predicted octanol–water partition coefficient (Wildman–Crippen LogP) is 2.65. The van der Waals surface area contributed by atoms with Crippen LogP contribution in [0.1, 0.15) is 29.7 Å². The van der Waals surface area contributed by atoms with Crippen LogP contribution in [0.3, 0.4) is 0 Å². The Balaban J connectivity index is 1.44. The first kappa shape index (κ1) is 21.0. The minimum absolute atomic E-state index is 0.0956. The number of hydrogen-bond acceptors (Lipinski definition) is 6. The maximum atomic E-state index is 12.6. The van der Waals surface area contributed by atoms with Crippen molar-refractivity contribution in [2.24, 2.45) is 0 Å². The Hall–Kier alpha value is -4.27. The van der Waals surface area contributed by atoms with Gasteiger partial charge in [0, 0.05) is 12.5 Å². The summed E-state index contributed by atoms with van der Waals surface area (Å²) in [5.74, 6) is 4.64. The van der Waals surface area contributed by atoms with Crippen LogP contribution < -0.4 is 15.8 Å². The summed E-state index contributed by atoms with van der Waals surface area (Å²) < 4.78 is 43.2. The lowest BCUT2D eigenvalue weighted by Crippen LogP contribution is -2.32. The highest BCUT2D eigenvalue weighted by Crippen LogP contribution is 2.29. The van der Waals surface area contributed by atoms with Gasteiger partial charge in [-0.25, -0.2) is 14.5 Å². The van der Waals surface area contributed by atoms with Crippen molar-refractivity contribution in [3.05, 3.63) is 48.2 Å². The van der Waals surface area contributed by atoms with Gasteiger partial charge in [-0.05, 0) is 31.0 Å². The van der Waals surface area contributed by atoms with Gasteiger partial charge in [-0.1, -0.05) is 12.0 Å². The molecule has 1 unspecified atom stereocenters. The summed E-state index contributed by atoms with van der Waals surface area (Å²) in [5.41, 5.74) is 7.49. The van der Waals surface area contributed by atoms with Crippen molar-refractivity contribution in [2.45, 2.75) is 25.7 Å². The summed E-state index contributed by atoms with van der Waals surface area (Å²) in [6.45, 7) is 1.73. The van der Waals surface area contributed by atoms with Crippen LogP contribution >= 0.6 is 0 Å². The van der Waals surface area contributed by atoms with E-state index in [-0.39, 0.29) is 22.9 Å². The Morgan fingerprint density at radius 2 is 2.19 bits per heavy atom. The monoisotopic (exact) mass is 443 g/mol. The number of nitrogens with one attached hydrogen (secondary N) is 2. The number of alkyl halides is 3. The molecule has 3 heterocycles. The number of ether oxygens (including phenoxy) is 1. The van der Waals surface area contributed by atoms with E-state index in [1.165, 1.54) is 22.8 Å². The third-order valence-electron chi connectivity index (χ3n) is 4.35. The summed E-state index contributed by atoms with van der Waals surface area (Å²) >= 11 is 0. The lowest BCUT2D eigenvalue weighted by molar-refractivity contribution is -0.274. The third kappa shape index (κ3) is 4.41. The lowest BCUT2D eigenvalue weighted by Gasteiger charge is -2.09. The lowest BCUT2D eigenvalue weighted by atomic mass is 10.2. The second kappa shape index (κ2) is 8.10. The van der Waals surface area contributed by atoms with E-state index in [9.17, 15) is 18.0 Å². The molecule has 0 bridgehead atoms. The highest BCUT2D eigenvalue weighted by atomic mass is 19.4. The van der Waals surface area contributed by atoms with Crippen molar-refractivity contribution >= 4 is 28.3 Å². The predicted molar refractivity (Wildman–Crippen MR) is 109 cm³/mol. The number of anilines is 1. The van der Waals surface area contributed by atoms with Gasteiger partial charge in [0.2, 0.25) is 0 Å². The number of nitrogens with two attached hydrogens (primary N) is 1. The van der Waals surface area contributed by atoms with Crippen LogP contribution in [0, 0.1) is 11.8 Å². The van der Waals surface area contributed by atoms with Crippen molar-refractivity contribution in [3.8, 4) is 17.6 Å². The Morgan fingerprint density at radius 1 is 1.38 bits per heavy atom. The first-order valence-corrected chi connectivity index (χ1v) is 9.33. The number of imidazole rings is 2. The minimum Gasteiger partial charge on any atom is -0.403 e. The van der Waals surface area contributed by atoms with Gasteiger partial charge in [0.05, 0.1) is 23.6 Å². The SMILES string of the molecule is CC(CC#Cc1cnc2c(N)ccnn12)NC(=O)c1nc2c(OC(F)(F)F)cccc2[nH]1. The fourth-order valence-electron chi connectivity index (χ4n) is 2.96. The normalized spacial score (nSPS) is 12.4. The van der Waals surface area contributed by atoms with Gasteiger partial charge >= 0.3 is 6.36 Å². The van der Waals surface area contributed by atoms with E-state index in [0.717, 1.165) is 6.07 Å². The molecule has 12 heteroatoms. The standard InChI is InChI=1S/C20H16F3N7O2/c1-11(4-2-5-12-10-25-18-13(24)8-9-26-30(12)18)27-19(31)17-28-14-6-3-7-15(16(14)29-17)32-20(21,22)23/h3,6-11H,4,24H2,1H3,(H,27,31)(H,28,29). The zero-order chi connectivity index (χ0) is 22.9. The Morgan fingerprint density at radius 3 is 2.97 bits per heavy atom. The molecule has 4 N–H and O–H groups in total. The van der Waals surface area contributed by atoms with E-state index in [4.69, 9.17) is 5.73 Å². The Kier molecular flexibility index (Phi) is 5.31. The van der Waals surface area contributed by atoms with E-state index < -0.39 is 18.0 Å². The zero-order valence-corrected chi connectivity index (χ0v) is 16.6. The van der Waals surface area contributed by atoms with Gasteiger partial charge in [-0.3, -0.25) is 4.79 Å². The summed E-state index contributed by atoms with van der Waals surface area (Å²) in [6, 6.07) is 5.25. The van der Waals surface area contributed by atoms with E-state index in [0.29, 0.717) is 23.4 Å². The van der Waals surface area contributed by atoms with Crippen LogP contribution in [0.5, 0.6) is 5.75 Å². The van der Waals surface area contributed by atoms with Gasteiger partial charge in [-0.15, -0.1) is 13.2 Å². The molecule has 0 radical (unpaired) electrons. The molecule has 1 atom stereocenters. The van der Waals surface area contributed by atoms with Gasteiger partial charge in [0.25, 0.3) is 5.91 Å². The number of hydrogen-bond donors (Lipinski definition) is 3. The summed E-state index contributed by atoms with van der Waals surface area (Å²) in [6.07, 6.45) is -1.49. The van der Waals surface area contributed by atoms with Gasteiger partial charge in [-0.2, -0.15) is 5.10 Å². The van der Waals surface area contributed by atoms with Crippen molar-refractivity contribution in [1.29, 1.82) is 0 Å².